The number of benzene rings is 1. The van der Waals surface area contributed by atoms with Crippen molar-refractivity contribution >= 4 is 27.8 Å². The number of amides is 1. The van der Waals surface area contributed by atoms with Gasteiger partial charge in [0.2, 0.25) is 0 Å². The van der Waals surface area contributed by atoms with Crippen molar-refractivity contribution in [3.8, 4) is 5.75 Å². The molecule has 0 fully saturated rings. The van der Waals surface area contributed by atoms with E-state index < -0.39 is 30.3 Å². The zero-order valence-corrected chi connectivity index (χ0v) is 11.0. The second-order valence-corrected chi connectivity index (χ2v) is 4.30. The number of rotatable bonds is 5. The van der Waals surface area contributed by atoms with Gasteiger partial charge in [-0.25, -0.2) is 4.39 Å². The van der Waals surface area contributed by atoms with Gasteiger partial charge < -0.3 is 15.2 Å². The van der Waals surface area contributed by atoms with Crippen molar-refractivity contribution in [1.29, 1.82) is 0 Å². The van der Waals surface area contributed by atoms with Gasteiger partial charge in [0.05, 0.1) is 4.47 Å². The second-order valence-electron chi connectivity index (χ2n) is 3.45. The molecule has 0 aliphatic heterocycles. The summed E-state index contributed by atoms with van der Waals surface area (Å²) >= 11 is 3.10. The number of hydrogen-bond acceptors (Lipinski definition) is 3. The van der Waals surface area contributed by atoms with Crippen LogP contribution in [0.5, 0.6) is 5.75 Å². The summed E-state index contributed by atoms with van der Waals surface area (Å²) in [5.74, 6) is -1.83. The van der Waals surface area contributed by atoms with Gasteiger partial charge in [0.1, 0.15) is 18.1 Å². The Balaban J connectivity index is 2.60. The van der Waals surface area contributed by atoms with Crippen LogP contribution < -0.4 is 10.1 Å². The van der Waals surface area contributed by atoms with Gasteiger partial charge in [-0.2, -0.15) is 0 Å². The molecule has 0 aromatic heterocycles. The number of carboxylic acids is 1. The molecule has 2 N–H and O–H groups in total. The minimum atomic E-state index is -1.14. The van der Waals surface area contributed by atoms with Crippen LogP contribution in [0.2, 0.25) is 0 Å². The van der Waals surface area contributed by atoms with E-state index in [0.29, 0.717) is 10.2 Å². The predicted molar refractivity (Wildman–Crippen MR) is 64.8 cm³/mol. The van der Waals surface area contributed by atoms with Crippen LogP contribution in [-0.4, -0.2) is 29.6 Å². The van der Waals surface area contributed by atoms with E-state index in [9.17, 15) is 14.0 Å². The summed E-state index contributed by atoms with van der Waals surface area (Å²) in [6, 6.07) is 3.78. The molecule has 1 aromatic carbocycles. The van der Waals surface area contributed by atoms with Crippen molar-refractivity contribution < 1.29 is 23.8 Å². The monoisotopic (exact) mass is 319 g/mol. The first-order valence-electron chi connectivity index (χ1n) is 5.01. The molecule has 0 spiro atoms. The highest BCUT2D eigenvalue weighted by atomic mass is 79.9. The van der Waals surface area contributed by atoms with Gasteiger partial charge in [-0.3, -0.25) is 9.59 Å². The third-order valence-electron chi connectivity index (χ3n) is 1.98. The summed E-state index contributed by atoms with van der Waals surface area (Å²) in [5.41, 5.74) is 0. The lowest BCUT2D eigenvalue weighted by Crippen LogP contribution is -2.39. The maximum atomic E-state index is 12.8. The Labute approximate surface area is 111 Å². The lowest BCUT2D eigenvalue weighted by molar-refractivity contribution is -0.139. The lowest BCUT2D eigenvalue weighted by atomic mass is 10.3. The molecule has 1 amide bonds. The van der Waals surface area contributed by atoms with Crippen LogP contribution in [0.4, 0.5) is 4.39 Å². The third kappa shape index (κ3) is 4.33. The van der Waals surface area contributed by atoms with Gasteiger partial charge >= 0.3 is 5.97 Å². The van der Waals surface area contributed by atoms with E-state index in [0.717, 1.165) is 0 Å². The van der Waals surface area contributed by atoms with Crippen LogP contribution in [0.3, 0.4) is 0 Å². The maximum Gasteiger partial charge on any atom is 0.322 e. The van der Waals surface area contributed by atoms with Crippen molar-refractivity contribution in [3.05, 3.63) is 28.5 Å². The Bertz CT molecular complexity index is 466. The van der Waals surface area contributed by atoms with E-state index >= 15 is 0 Å². The fraction of sp³-hybridized carbons (Fsp3) is 0.273. The second kappa shape index (κ2) is 6.34. The summed E-state index contributed by atoms with van der Waals surface area (Å²) < 4.78 is 18.5. The molecule has 0 saturated carbocycles. The average Bonchev–Trinajstić information content (AvgIpc) is 2.29. The van der Waals surface area contributed by atoms with Gasteiger partial charge in [-0.1, -0.05) is 0 Å². The van der Waals surface area contributed by atoms with E-state index in [2.05, 4.69) is 21.2 Å². The highest BCUT2D eigenvalue weighted by Crippen LogP contribution is 2.26. The average molecular weight is 320 g/mol. The Morgan fingerprint density at radius 1 is 1.56 bits per heavy atom. The fourth-order valence-electron chi connectivity index (χ4n) is 1.12. The molecule has 0 saturated heterocycles. The highest BCUT2D eigenvalue weighted by molar-refractivity contribution is 9.10. The molecule has 1 rings (SSSR count). The largest absolute Gasteiger partial charge is 0.480 e. The Kier molecular flexibility index (Phi) is 5.08. The van der Waals surface area contributed by atoms with E-state index in [1.165, 1.54) is 25.1 Å². The third-order valence-corrected chi connectivity index (χ3v) is 2.60. The quantitative estimate of drug-likeness (QED) is 0.863. The molecule has 0 heterocycles. The van der Waals surface area contributed by atoms with Gasteiger partial charge in [0.25, 0.3) is 5.91 Å². The number of ether oxygens (including phenoxy) is 1. The molecule has 5 nitrogen and oxygen atoms in total. The first-order chi connectivity index (χ1) is 8.40. The van der Waals surface area contributed by atoms with Crippen LogP contribution in [0, 0.1) is 5.82 Å². The standard InChI is InChI=1S/C11H11BrFNO4/c1-6(11(17)14-5-10(15)16)18-9-3-2-7(13)4-8(9)12/h2-4,6H,5H2,1H3,(H,14,17)(H,15,16). The zero-order valence-electron chi connectivity index (χ0n) is 9.44. The van der Waals surface area contributed by atoms with Gasteiger partial charge in [-0.15, -0.1) is 0 Å². The molecule has 0 aliphatic rings. The topological polar surface area (TPSA) is 75.6 Å². The van der Waals surface area contributed by atoms with Gasteiger partial charge in [0, 0.05) is 0 Å². The molecule has 0 aliphatic carbocycles. The van der Waals surface area contributed by atoms with Crippen molar-refractivity contribution in [3.63, 3.8) is 0 Å². The lowest BCUT2D eigenvalue weighted by Gasteiger charge is -2.15. The van der Waals surface area contributed by atoms with Crippen molar-refractivity contribution in [2.45, 2.75) is 13.0 Å². The fourth-order valence-corrected chi connectivity index (χ4v) is 1.57. The minimum Gasteiger partial charge on any atom is -0.480 e. The first kappa shape index (κ1) is 14.4. The summed E-state index contributed by atoms with van der Waals surface area (Å²) in [6.45, 7) is 0.990. The van der Waals surface area contributed by atoms with Crippen molar-refractivity contribution in [1.82, 2.24) is 5.32 Å². The molecule has 7 heteroatoms. The highest BCUT2D eigenvalue weighted by Gasteiger charge is 2.16. The molecule has 98 valence electrons. The molecule has 0 bridgehead atoms. The maximum absolute atomic E-state index is 12.8. The Morgan fingerprint density at radius 2 is 2.22 bits per heavy atom. The summed E-state index contributed by atoms with van der Waals surface area (Å²) in [6.07, 6.45) is -0.883. The molecule has 1 atom stereocenters. The number of nitrogens with one attached hydrogen (secondary N) is 1. The van der Waals surface area contributed by atoms with Crippen LogP contribution in [0.15, 0.2) is 22.7 Å². The first-order valence-corrected chi connectivity index (χ1v) is 5.80. The van der Waals surface area contributed by atoms with E-state index in [1.807, 2.05) is 0 Å². The smallest absolute Gasteiger partial charge is 0.322 e. The zero-order chi connectivity index (χ0) is 13.7. The van der Waals surface area contributed by atoms with Crippen LogP contribution in [-0.2, 0) is 9.59 Å². The van der Waals surface area contributed by atoms with E-state index in [1.54, 1.807) is 0 Å². The minimum absolute atomic E-state index is 0.300. The number of carboxylic acid groups (broad SMARTS) is 1. The Hall–Kier alpha value is -1.63. The number of hydrogen-bond donors (Lipinski definition) is 2. The molecule has 18 heavy (non-hydrogen) atoms. The van der Waals surface area contributed by atoms with Crippen LogP contribution in [0.25, 0.3) is 0 Å². The number of halogens is 2. The van der Waals surface area contributed by atoms with Gasteiger partial charge in [0.15, 0.2) is 6.10 Å². The van der Waals surface area contributed by atoms with Crippen LogP contribution in [0.1, 0.15) is 6.92 Å². The normalized spacial score (nSPS) is 11.7. The molecule has 1 unspecified atom stereocenters. The molecule has 0 radical (unpaired) electrons. The molecular weight excluding hydrogens is 309 g/mol. The SMILES string of the molecule is CC(Oc1ccc(F)cc1Br)C(=O)NCC(=O)O. The number of carbonyl (C=O) groups is 2. The van der Waals surface area contributed by atoms with Crippen molar-refractivity contribution in [2.75, 3.05) is 6.54 Å². The summed E-state index contributed by atoms with van der Waals surface area (Å²) in [4.78, 5) is 21.7. The van der Waals surface area contributed by atoms with E-state index in [4.69, 9.17) is 9.84 Å². The van der Waals surface area contributed by atoms with Crippen molar-refractivity contribution in [2.24, 2.45) is 0 Å². The Morgan fingerprint density at radius 3 is 2.78 bits per heavy atom. The molecule has 1 aromatic rings. The van der Waals surface area contributed by atoms with Gasteiger partial charge in [-0.05, 0) is 41.1 Å². The number of aliphatic carboxylic acids is 1. The van der Waals surface area contributed by atoms with Crippen LogP contribution >= 0.6 is 15.9 Å². The van der Waals surface area contributed by atoms with E-state index in [-0.39, 0.29) is 0 Å². The predicted octanol–water partition coefficient (Wildman–Crippen LogP) is 1.56. The summed E-state index contributed by atoms with van der Waals surface area (Å²) in [5, 5.41) is 10.6. The molecular formula is C11H11BrFNO4. The summed E-state index contributed by atoms with van der Waals surface area (Å²) in [7, 11) is 0. The number of carbonyl (C=O) groups excluding carboxylic acids is 1.